The van der Waals surface area contributed by atoms with Crippen molar-refractivity contribution < 1.29 is 24.2 Å². The summed E-state index contributed by atoms with van der Waals surface area (Å²) in [5, 5.41) is 9.50. The molecular formula is C18H22N2O5S3. The van der Waals surface area contributed by atoms with E-state index in [0.29, 0.717) is 17.9 Å². The zero-order chi connectivity index (χ0) is 20.6. The van der Waals surface area contributed by atoms with Crippen LogP contribution in [-0.2, 0) is 25.5 Å². The number of thioether (sulfide) groups is 2. The van der Waals surface area contributed by atoms with Crippen molar-refractivity contribution in [2.75, 3.05) is 11.5 Å². The molecule has 3 heterocycles. The van der Waals surface area contributed by atoms with Crippen molar-refractivity contribution in [1.82, 2.24) is 9.88 Å². The van der Waals surface area contributed by atoms with E-state index in [2.05, 4.69) is 4.98 Å². The Morgan fingerprint density at radius 1 is 1.39 bits per heavy atom. The van der Waals surface area contributed by atoms with E-state index < -0.39 is 11.6 Å². The van der Waals surface area contributed by atoms with Crippen molar-refractivity contribution in [1.29, 1.82) is 0 Å². The van der Waals surface area contributed by atoms with Gasteiger partial charge in [-0.15, -0.1) is 23.1 Å². The van der Waals surface area contributed by atoms with Gasteiger partial charge in [-0.2, -0.15) is 0 Å². The maximum atomic E-state index is 12.1. The van der Waals surface area contributed by atoms with Crippen LogP contribution in [0, 0.1) is 6.92 Å². The average molecular weight is 443 g/mol. The number of β-lactam (4-membered cyclic amide) rings is 1. The van der Waals surface area contributed by atoms with Crippen LogP contribution in [0.4, 0.5) is 0 Å². The Labute approximate surface area is 175 Å². The molecule has 1 saturated heterocycles. The van der Waals surface area contributed by atoms with E-state index in [0.717, 1.165) is 20.5 Å². The quantitative estimate of drug-likeness (QED) is 0.408. The highest BCUT2D eigenvalue weighted by Crippen LogP contribution is 2.41. The maximum absolute atomic E-state index is 12.1. The van der Waals surface area contributed by atoms with Gasteiger partial charge in [-0.3, -0.25) is 14.5 Å². The molecule has 1 atom stereocenters. The Kier molecular flexibility index (Phi) is 6.11. The van der Waals surface area contributed by atoms with E-state index in [9.17, 15) is 19.5 Å². The van der Waals surface area contributed by atoms with Crippen LogP contribution in [0.1, 0.15) is 37.8 Å². The van der Waals surface area contributed by atoms with Crippen molar-refractivity contribution in [3.8, 4) is 0 Å². The Morgan fingerprint density at radius 2 is 2.11 bits per heavy atom. The normalized spacial score (nSPS) is 19.4. The molecule has 3 rings (SSSR count). The smallest absolute Gasteiger partial charge is 0.352 e. The molecule has 0 aromatic carbocycles. The molecule has 0 bridgehead atoms. The first kappa shape index (κ1) is 21.2. The molecule has 1 aromatic rings. The number of rotatable bonds is 6. The van der Waals surface area contributed by atoms with Gasteiger partial charge in [0.25, 0.3) is 0 Å². The summed E-state index contributed by atoms with van der Waals surface area (Å²) in [5.41, 5.74) is 1.10. The van der Waals surface area contributed by atoms with Crippen LogP contribution < -0.4 is 0 Å². The zero-order valence-corrected chi connectivity index (χ0v) is 18.6. The monoisotopic (exact) mass is 442 g/mol. The average Bonchev–Trinajstić information content (AvgIpc) is 2.89. The first-order valence-corrected chi connectivity index (χ1v) is 11.6. The van der Waals surface area contributed by atoms with Gasteiger partial charge in [0.2, 0.25) is 5.91 Å². The van der Waals surface area contributed by atoms with Crippen molar-refractivity contribution in [2.24, 2.45) is 0 Å². The summed E-state index contributed by atoms with van der Waals surface area (Å²) in [4.78, 5) is 42.3. The van der Waals surface area contributed by atoms with Gasteiger partial charge in [0.1, 0.15) is 11.3 Å². The molecule has 0 aliphatic carbocycles. The second-order valence-electron chi connectivity index (χ2n) is 7.53. The van der Waals surface area contributed by atoms with Gasteiger partial charge in [-0.25, -0.2) is 9.78 Å². The molecule has 1 aromatic heterocycles. The summed E-state index contributed by atoms with van der Waals surface area (Å²) in [7, 11) is 0. The maximum Gasteiger partial charge on any atom is 0.352 e. The number of nitrogens with zero attached hydrogens (tertiary/aromatic N) is 2. The molecule has 0 spiro atoms. The Morgan fingerprint density at radius 3 is 2.71 bits per heavy atom. The fourth-order valence-corrected chi connectivity index (χ4v) is 6.50. The number of carboxylic acids is 1. The highest BCUT2D eigenvalue weighted by molar-refractivity contribution is 8.01. The van der Waals surface area contributed by atoms with Crippen LogP contribution in [0.25, 0.3) is 0 Å². The summed E-state index contributed by atoms with van der Waals surface area (Å²) in [6.45, 7) is 7.33. The van der Waals surface area contributed by atoms with Gasteiger partial charge >= 0.3 is 11.9 Å². The second-order valence-corrected chi connectivity index (χ2v) is 11.0. The Balaban J connectivity index is 1.68. The van der Waals surface area contributed by atoms with Gasteiger partial charge in [-0.1, -0.05) is 11.8 Å². The molecule has 1 fully saturated rings. The number of esters is 1. The van der Waals surface area contributed by atoms with Crippen LogP contribution in [0.5, 0.6) is 0 Å². The molecule has 2 aliphatic rings. The van der Waals surface area contributed by atoms with Gasteiger partial charge in [-0.05, 0) is 33.3 Å². The molecule has 0 radical (unpaired) electrons. The summed E-state index contributed by atoms with van der Waals surface area (Å²) < 4.78 is 6.13. The molecule has 10 heteroatoms. The number of carbonyl (C=O) groups excluding carboxylic acids is 2. The Bertz CT molecular complexity index is 856. The third-order valence-corrected chi connectivity index (χ3v) is 7.77. The number of aromatic nitrogens is 1. The third-order valence-electron chi connectivity index (χ3n) is 4.10. The SMILES string of the molecule is Cc1nc(SCC2=C(C(=O)O)N3C(=O)C[C@H]3SC2)sc1CC(=O)OC(C)(C)C. The fraction of sp³-hybridized carbons (Fsp3) is 0.556. The van der Waals surface area contributed by atoms with E-state index in [4.69, 9.17) is 4.74 Å². The number of ether oxygens (including phenoxy) is 1. The van der Waals surface area contributed by atoms with Crippen molar-refractivity contribution >= 4 is 52.7 Å². The van der Waals surface area contributed by atoms with Crippen LogP contribution in [0.3, 0.4) is 0 Å². The van der Waals surface area contributed by atoms with Crippen LogP contribution in [0.2, 0.25) is 0 Å². The van der Waals surface area contributed by atoms with E-state index in [1.165, 1.54) is 28.0 Å². The molecule has 28 heavy (non-hydrogen) atoms. The lowest BCUT2D eigenvalue weighted by atomic mass is 10.1. The largest absolute Gasteiger partial charge is 0.477 e. The lowest BCUT2D eigenvalue weighted by Gasteiger charge is -2.43. The van der Waals surface area contributed by atoms with Crippen LogP contribution in [0.15, 0.2) is 15.6 Å². The highest BCUT2D eigenvalue weighted by Gasteiger charge is 2.45. The number of amides is 1. The molecule has 152 valence electrons. The van der Waals surface area contributed by atoms with Crippen molar-refractivity contribution in [2.45, 2.75) is 55.9 Å². The molecule has 0 unspecified atom stereocenters. The van der Waals surface area contributed by atoms with Crippen molar-refractivity contribution in [3.63, 3.8) is 0 Å². The minimum absolute atomic E-state index is 0.0464. The minimum atomic E-state index is -1.06. The summed E-state index contributed by atoms with van der Waals surface area (Å²) in [6.07, 6.45) is 0.575. The summed E-state index contributed by atoms with van der Waals surface area (Å²) in [5.74, 6) is -0.447. The molecular weight excluding hydrogens is 420 g/mol. The number of aliphatic carboxylic acids is 1. The summed E-state index contributed by atoms with van der Waals surface area (Å²) in [6, 6.07) is 0. The van der Waals surface area contributed by atoms with E-state index in [1.807, 2.05) is 27.7 Å². The lowest BCUT2D eigenvalue weighted by Crippen LogP contribution is -2.54. The molecule has 1 amide bonds. The minimum Gasteiger partial charge on any atom is -0.477 e. The molecule has 7 nitrogen and oxygen atoms in total. The predicted molar refractivity (Wildman–Crippen MR) is 109 cm³/mol. The van der Waals surface area contributed by atoms with E-state index >= 15 is 0 Å². The van der Waals surface area contributed by atoms with Gasteiger partial charge in [0.05, 0.1) is 23.9 Å². The highest BCUT2D eigenvalue weighted by atomic mass is 32.2. The van der Waals surface area contributed by atoms with Gasteiger partial charge in [0.15, 0.2) is 4.34 Å². The van der Waals surface area contributed by atoms with Crippen LogP contribution in [-0.4, -0.2) is 55.3 Å². The lowest BCUT2D eigenvalue weighted by molar-refractivity contribution is -0.153. The summed E-state index contributed by atoms with van der Waals surface area (Å²) >= 11 is 4.45. The first-order chi connectivity index (χ1) is 13.0. The number of fused-ring (bicyclic) bond motifs is 1. The number of hydrogen-bond donors (Lipinski definition) is 1. The number of hydrogen-bond acceptors (Lipinski definition) is 8. The third kappa shape index (κ3) is 4.72. The number of aryl methyl sites for hydroxylation is 1. The zero-order valence-electron chi connectivity index (χ0n) is 16.1. The van der Waals surface area contributed by atoms with E-state index in [1.54, 1.807) is 11.8 Å². The fourth-order valence-electron chi connectivity index (χ4n) is 2.87. The Hall–Kier alpha value is -1.52. The van der Waals surface area contributed by atoms with Gasteiger partial charge < -0.3 is 9.84 Å². The van der Waals surface area contributed by atoms with Crippen molar-refractivity contribution in [3.05, 3.63) is 21.8 Å². The van der Waals surface area contributed by atoms with Gasteiger partial charge in [0, 0.05) is 16.4 Å². The standard InChI is InChI=1S/C18H22N2O5S3/c1-9-11(5-14(22)25-18(2,3)4)28-17(19-9)27-8-10-7-26-13-6-12(21)20(13)15(10)16(23)24/h13H,5-8H2,1-4H3,(H,23,24)/t13-/m1/s1. The number of thiazole rings is 1. The van der Waals surface area contributed by atoms with Crippen LogP contribution >= 0.6 is 34.9 Å². The second kappa shape index (κ2) is 8.08. The predicted octanol–water partition coefficient (Wildman–Crippen LogP) is 3.07. The van der Waals surface area contributed by atoms with E-state index in [-0.39, 0.29) is 29.4 Å². The molecule has 0 saturated carbocycles. The molecule has 2 aliphatic heterocycles. The molecule has 1 N–H and O–H groups in total. The number of carboxylic acid groups (broad SMARTS) is 1. The number of carbonyl (C=O) groups is 3. The topological polar surface area (TPSA) is 96.8 Å². The first-order valence-electron chi connectivity index (χ1n) is 8.75.